The van der Waals surface area contributed by atoms with Crippen LogP contribution < -0.4 is 10.1 Å². The maximum atomic E-state index is 6.52. The van der Waals surface area contributed by atoms with Gasteiger partial charge in [-0.25, -0.2) is 0 Å². The molecule has 1 N–H and O–H groups in total. The summed E-state index contributed by atoms with van der Waals surface area (Å²) in [5.41, 5.74) is 8.42. The Morgan fingerprint density at radius 1 is 0.725 bits per heavy atom. The molecule has 1 atom stereocenters. The minimum Gasteiger partial charge on any atom is -0.464 e. The standard InChI is InChI=1S/C36H26N2O2/c1-2-3-4-9-23-14-19-27-26-10-5-7-12-30(26)38(31(27)22-23)25-17-15-24(16-18-25)36-37-29-20-21-33-34(35(29)40-36)28-11-6-8-13-32(28)39-33/h2-22,36-37H,1H3/b3-2-,9-4-. The fourth-order valence-electron chi connectivity index (χ4n) is 5.91. The molecule has 0 fully saturated rings. The number of anilines is 1. The molecule has 8 rings (SSSR count). The van der Waals surface area contributed by atoms with Crippen LogP contribution in [-0.2, 0) is 0 Å². The van der Waals surface area contributed by atoms with Crippen molar-refractivity contribution in [3.05, 3.63) is 132 Å². The van der Waals surface area contributed by atoms with Crippen LogP contribution in [0.15, 0.2) is 126 Å². The van der Waals surface area contributed by atoms with Crippen molar-refractivity contribution < 1.29 is 9.15 Å². The van der Waals surface area contributed by atoms with E-state index >= 15 is 0 Å². The summed E-state index contributed by atoms with van der Waals surface area (Å²) in [4.78, 5) is 0. The molecule has 1 aliphatic rings. The molecule has 192 valence electrons. The molecule has 0 aliphatic carbocycles. The average Bonchev–Trinajstić information content (AvgIpc) is 3.68. The van der Waals surface area contributed by atoms with Crippen molar-refractivity contribution >= 4 is 55.5 Å². The Labute approximate surface area is 231 Å². The summed E-state index contributed by atoms with van der Waals surface area (Å²) < 4.78 is 14.9. The number of para-hydroxylation sites is 2. The van der Waals surface area contributed by atoms with E-state index in [0.717, 1.165) is 44.6 Å². The predicted octanol–water partition coefficient (Wildman–Crippen LogP) is 9.78. The third kappa shape index (κ3) is 3.46. The van der Waals surface area contributed by atoms with Crippen LogP contribution in [0.4, 0.5) is 5.69 Å². The maximum Gasteiger partial charge on any atom is 0.196 e. The van der Waals surface area contributed by atoms with Gasteiger partial charge in [-0.3, -0.25) is 0 Å². The second kappa shape index (κ2) is 8.92. The molecule has 40 heavy (non-hydrogen) atoms. The minimum absolute atomic E-state index is 0.273. The fraction of sp³-hybridized carbons (Fsp3) is 0.0556. The number of hydrogen-bond donors (Lipinski definition) is 1. The van der Waals surface area contributed by atoms with Crippen LogP contribution in [0.3, 0.4) is 0 Å². The summed E-state index contributed by atoms with van der Waals surface area (Å²) in [5, 5.41) is 8.14. The van der Waals surface area contributed by atoms with E-state index in [1.807, 2.05) is 43.3 Å². The highest BCUT2D eigenvalue weighted by Crippen LogP contribution is 2.46. The van der Waals surface area contributed by atoms with Crippen molar-refractivity contribution in [2.24, 2.45) is 0 Å². The number of furan rings is 1. The number of fused-ring (bicyclic) bond motifs is 8. The van der Waals surface area contributed by atoms with E-state index in [0.29, 0.717) is 0 Å². The van der Waals surface area contributed by atoms with Gasteiger partial charge in [0.15, 0.2) is 12.0 Å². The molecule has 0 saturated carbocycles. The molecule has 7 aromatic rings. The number of rotatable bonds is 4. The van der Waals surface area contributed by atoms with Crippen LogP contribution in [0.25, 0.3) is 55.5 Å². The molecule has 5 aromatic carbocycles. The van der Waals surface area contributed by atoms with Gasteiger partial charge >= 0.3 is 0 Å². The van der Waals surface area contributed by atoms with Crippen LogP contribution in [0.5, 0.6) is 5.75 Å². The molecule has 0 bridgehead atoms. The van der Waals surface area contributed by atoms with Crippen LogP contribution in [0, 0.1) is 0 Å². The molecule has 3 heterocycles. The number of benzene rings is 5. The smallest absolute Gasteiger partial charge is 0.196 e. The molecule has 0 saturated heterocycles. The Kier molecular flexibility index (Phi) is 5.07. The number of nitrogens with one attached hydrogen (secondary N) is 1. The summed E-state index contributed by atoms with van der Waals surface area (Å²) in [5.74, 6) is 0.845. The summed E-state index contributed by atoms with van der Waals surface area (Å²) in [7, 11) is 0. The van der Waals surface area contributed by atoms with Crippen molar-refractivity contribution in [2.75, 3.05) is 5.32 Å². The number of allylic oxidation sites excluding steroid dienone is 3. The molecule has 0 radical (unpaired) electrons. The minimum atomic E-state index is -0.273. The van der Waals surface area contributed by atoms with E-state index in [-0.39, 0.29) is 6.23 Å². The van der Waals surface area contributed by atoms with Crippen LogP contribution >= 0.6 is 0 Å². The zero-order chi connectivity index (χ0) is 26.6. The van der Waals surface area contributed by atoms with Crippen molar-refractivity contribution in [1.82, 2.24) is 4.57 Å². The SMILES string of the molecule is C/C=C\C=C/c1ccc2c3ccccc3n(-c3ccc(C4Nc5ccc6oc7ccccc7c6c5O4)cc3)c2c1. The molecule has 1 unspecified atom stereocenters. The first kappa shape index (κ1) is 22.7. The quantitative estimate of drug-likeness (QED) is 0.236. The predicted molar refractivity (Wildman–Crippen MR) is 165 cm³/mol. The molecule has 4 nitrogen and oxygen atoms in total. The highest BCUT2D eigenvalue weighted by atomic mass is 16.5. The zero-order valence-corrected chi connectivity index (χ0v) is 22.0. The second-order valence-corrected chi connectivity index (χ2v) is 10.2. The van der Waals surface area contributed by atoms with Gasteiger partial charge < -0.3 is 19.0 Å². The Hall–Kier alpha value is -5.22. The van der Waals surface area contributed by atoms with E-state index in [4.69, 9.17) is 9.15 Å². The molecule has 1 aliphatic heterocycles. The van der Waals surface area contributed by atoms with Gasteiger partial charge in [0.25, 0.3) is 0 Å². The second-order valence-electron chi connectivity index (χ2n) is 10.2. The van der Waals surface area contributed by atoms with Crippen molar-refractivity contribution in [1.29, 1.82) is 0 Å². The molecule has 4 heteroatoms. The Morgan fingerprint density at radius 3 is 2.40 bits per heavy atom. The summed E-state index contributed by atoms with van der Waals surface area (Å²) in [6, 6.07) is 36.1. The lowest BCUT2D eigenvalue weighted by atomic mass is 10.1. The average molecular weight is 519 g/mol. The van der Waals surface area contributed by atoms with E-state index in [1.54, 1.807) is 0 Å². The van der Waals surface area contributed by atoms with E-state index in [9.17, 15) is 0 Å². The Bertz CT molecular complexity index is 2130. The van der Waals surface area contributed by atoms with Crippen LogP contribution in [0.1, 0.15) is 24.3 Å². The van der Waals surface area contributed by atoms with E-state index in [1.165, 1.54) is 27.4 Å². The van der Waals surface area contributed by atoms with Gasteiger partial charge in [0.1, 0.15) is 11.2 Å². The molecule has 0 spiro atoms. The number of aromatic nitrogens is 1. The summed E-state index contributed by atoms with van der Waals surface area (Å²) >= 11 is 0. The van der Waals surface area contributed by atoms with Gasteiger partial charge in [0.2, 0.25) is 0 Å². The topological polar surface area (TPSA) is 39.3 Å². The first-order valence-electron chi connectivity index (χ1n) is 13.6. The lowest BCUT2D eigenvalue weighted by molar-refractivity contribution is 0.263. The van der Waals surface area contributed by atoms with Crippen molar-refractivity contribution in [3.63, 3.8) is 0 Å². The van der Waals surface area contributed by atoms with Gasteiger partial charge in [-0.2, -0.15) is 0 Å². The molecule has 0 amide bonds. The van der Waals surface area contributed by atoms with Gasteiger partial charge in [0, 0.05) is 27.4 Å². The van der Waals surface area contributed by atoms with E-state index < -0.39 is 0 Å². The first-order valence-corrected chi connectivity index (χ1v) is 13.6. The Morgan fingerprint density at radius 2 is 1.52 bits per heavy atom. The van der Waals surface area contributed by atoms with Crippen LogP contribution in [-0.4, -0.2) is 4.57 Å². The number of ether oxygens (including phenoxy) is 1. The summed E-state index contributed by atoms with van der Waals surface area (Å²) in [6.07, 6.45) is 8.04. The lowest BCUT2D eigenvalue weighted by Gasteiger charge is -2.14. The zero-order valence-electron chi connectivity index (χ0n) is 22.0. The molecule has 2 aromatic heterocycles. The highest BCUT2D eigenvalue weighted by molar-refractivity contribution is 6.11. The normalized spacial score (nSPS) is 15.1. The van der Waals surface area contributed by atoms with Gasteiger partial charge in [-0.05, 0) is 55.0 Å². The third-order valence-corrected chi connectivity index (χ3v) is 7.76. The number of nitrogens with zero attached hydrogens (tertiary/aromatic N) is 1. The number of hydrogen-bond acceptors (Lipinski definition) is 3. The summed E-state index contributed by atoms with van der Waals surface area (Å²) in [6.45, 7) is 2.03. The van der Waals surface area contributed by atoms with Gasteiger partial charge in [0.05, 0.1) is 22.1 Å². The first-order chi connectivity index (χ1) is 19.8. The Balaban J connectivity index is 1.18. The third-order valence-electron chi connectivity index (χ3n) is 7.76. The lowest BCUT2D eigenvalue weighted by Crippen LogP contribution is -2.10. The highest BCUT2D eigenvalue weighted by Gasteiger charge is 2.27. The van der Waals surface area contributed by atoms with Crippen LogP contribution in [0.2, 0.25) is 0 Å². The fourth-order valence-corrected chi connectivity index (χ4v) is 5.91. The molecular weight excluding hydrogens is 492 g/mol. The van der Waals surface area contributed by atoms with Gasteiger partial charge in [-0.1, -0.05) is 85.0 Å². The van der Waals surface area contributed by atoms with Gasteiger partial charge in [-0.15, -0.1) is 0 Å². The van der Waals surface area contributed by atoms with Crippen molar-refractivity contribution in [2.45, 2.75) is 13.2 Å². The van der Waals surface area contributed by atoms with Crippen molar-refractivity contribution in [3.8, 4) is 11.4 Å². The molecular formula is C36H26N2O2. The largest absolute Gasteiger partial charge is 0.464 e. The van der Waals surface area contributed by atoms with E-state index in [2.05, 4.69) is 101 Å². The maximum absolute atomic E-state index is 6.52. The monoisotopic (exact) mass is 518 g/mol.